The van der Waals surface area contributed by atoms with Gasteiger partial charge in [0.15, 0.2) is 0 Å². The Balaban J connectivity index is 1.24. The van der Waals surface area contributed by atoms with Crippen LogP contribution in [0.5, 0.6) is 0 Å². The third-order valence-corrected chi connectivity index (χ3v) is 11.7. The normalized spacial score (nSPS) is 16.5. The Morgan fingerprint density at radius 2 is 1.57 bits per heavy atom. The summed E-state index contributed by atoms with van der Waals surface area (Å²) >= 11 is 0. The number of aryl methyl sites for hydroxylation is 1. The number of unbranched alkanes of at least 4 members (excludes halogenated alkanes) is 2. The SMILES string of the molecule is CC(=O)O[C@@H](CCC1C(=O)N(c2ccc(CCCC(C)S(C)(=O)=O)cc2)[C@@H]1c1ccc(C#CCCCCOCc2ccccc2)cc1)c1ccc(F)cc1. The van der Waals surface area contributed by atoms with Gasteiger partial charge in [-0.2, -0.15) is 0 Å². The minimum Gasteiger partial charge on any atom is -0.458 e. The molecule has 0 N–H and O–H groups in total. The zero-order valence-electron chi connectivity index (χ0n) is 31.4. The molecule has 1 fully saturated rings. The van der Waals surface area contributed by atoms with E-state index in [0.717, 1.165) is 54.5 Å². The van der Waals surface area contributed by atoms with Gasteiger partial charge in [-0.05, 0) is 111 Å². The van der Waals surface area contributed by atoms with E-state index in [1.54, 1.807) is 19.1 Å². The number of hydrogen-bond acceptors (Lipinski definition) is 6. The summed E-state index contributed by atoms with van der Waals surface area (Å²) in [4.78, 5) is 27.7. The van der Waals surface area contributed by atoms with Gasteiger partial charge in [-0.25, -0.2) is 12.8 Å². The van der Waals surface area contributed by atoms with Crippen LogP contribution < -0.4 is 4.90 Å². The lowest BCUT2D eigenvalue weighted by atomic mass is 9.78. The molecular formula is C45H50FNO6S. The molecule has 4 aromatic rings. The Morgan fingerprint density at radius 1 is 0.870 bits per heavy atom. The maximum atomic E-state index is 13.9. The number of benzene rings is 4. The lowest BCUT2D eigenvalue weighted by Gasteiger charge is -2.48. The monoisotopic (exact) mass is 751 g/mol. The fourth-order valence-corrected chi connectivity index (χ4v) is 7.34. The van der Waals surface area contributed by atoms with Crippen molar-refractivity contribution < 1.29 is 31.9 Å². The quantitative estimate of drug-likeness (QED) is 0.0436. The van der Waals surface area contributed by atoms with Crippen molar-refractivity contribution >= 4 is 27.4 Å². The number of halogens is 1. The molecule has 0 spiro atoms. The van der Waals surface area contributed by atoms with Crippen LogP contribution in [0.3, 0.4) is 0 Å². The number of sulfone groups is 1. The molecule has 1 amide bonds. The van der Waals surface area contributed by atoms with Gasteiger partial charge in [0.25, 0.3) is 0 Å². The van der Waals surface area contributed by atoms with Gasteiger partial charge in [0, 0.05) is 37.5 Å². The first-order valence-electron chi connectivity index (χ1n) is 18.7. The topological polar surface area (TPSA) is 90.0 Å². The van der Waals surface area contributed by atoms with Crippen LogP contribution in [0.2, 0.25) is 0 Å². The smallest absolute Gasteiger partial charge is 0.303 e. The predicted molar refractivity (Wildman–Crippen MR) is 211 cm³/mol. The van der Waals surface area contributed by atoms with E-state index < -0.39 is 21.9 Å². The van der Waals surface area contributed by atoms with E-state index in [4.69, 9.17) is 9.47 Å². The zero-order valence-corrected chi connectivity index (χ0v) is 32.2. The summed E-state index contributed by atoms with van der Waals surface area (Å²) in [5, 5.41) is -0.385. The fourth-order valence-electron chi connectivity index (χ4n) is 6.74. The first-order valence-corrected chi connectivity index (χ1v) is 20.7. The van der Waals surface area contributed by atoms with Crippen LogP contribution in [0.15, 0.2) is 103 Å². The average Bonchev–Trinajstić information content (AvgIpc) is 3.15. The van der Waals surface area contributed by atoms with E-state index in [1.165, 1.54) is 30.9 Å². The van der Waals surface area contributed by atoms with Crippen molar-refractivity contribution in [1.82, 2.24) is 0 Å². The summed E-state index contributed by atoms with van der Waals surface area (Å²) < 4.78 is 48.7. The fraction of sp³-hybridized carbons (Fsp3) is 0.378. The number of rotatable bonds is 18. The van der Waals surface area contributed by atoms with E-state index in [2.05, 4.69) is 24.0 Å². The van der Waals surface area contributed by atoms with Crippen molar-refractivity contribution in [2.75, 3.05) is 17.8 Å². The number of carbonyl (C=O) groups is 2. The van der Waals surface area contributed by atoms with E-state index in [0.29, 0.717) is 38.0 Å². The second kappa shape index (κ2) is 19.5. The van der Waals surface area contributed by atoms with E-state index in [9.17, 15) is 22.4 Å². The molecule has 1 saturated heterocycles. The molecule has 284 valence electrons. The average molecular weight is 752 g/mol. The molecule has 4 aromatic carbocycles. The van der Waals surface area contributed by atoms with Crippen LogP contribution >= 0.6 is 0 Å². The number of hydrogen-bond donors (Lipinski definition) is 0. The number of anilines is 1. The Hall–Kier alpha value is -4.78. The second-order valence-corrected chi connectivity index (χ2v) is 16.6. The van der Waals surface area contributed by atoms with Crippen LogP contribution in [0, 0.1) is 23.6 Å². The van der Waals surface area contributed by atoms with Gasteiger partial charge in [0.2, 0.25) is 5.91 Å². The standard InChI is InChI=1S/C45H50FNO6S/c1-33(54(3,50)51)12-11-16-36-19-27-41(28-20-36)47-44(42(45(47)49)29-30-43(53-34(2)48)38-23-25-40(46)26-24-38)39-21-17-35(18-22-39)13-7-4-5-10-31-52-32-37-14-8-6-9-15-37/h6,8-9,14-15,17-28,33,42-44H,4-5,10-12,16,29-32H2,1-3H3/t33?,42?,43-,44+/m0/s1. The number of carbonyl (C=O) groups excluding carboxylic acids is 2. The first-order chi connectivity index (χ1) is 26.0. The summed E-state index contributed by atoms with van der Waals surface area (Å²) in [7, 11) is -3.06. The largest absolute Gasteiger partial charge is 0.458 e. The van der Waals surface area contributed by atoms with Gasteiger partial charge in [0.05, 0.1) is 23.8 Å². The lowest BCUT2D eigenvalue weighted by Crippen LogP contribution is -2.55. The molecule has 0 bridgehead atoms. The molecule has 1 aliphatic heterocycles. The van der Waals surface area contributed by atoms with Crippen molar-refractivity contribution in [3.8, 4) is 11.8 Å². The Kier molecular flexibility index (Phi) is 14.6. The molecule has 4 atom stereocenters. The molecule has 7 nitrogen and oxygen atoms in total. The van der Waals surface area contributed by atoms with Gasteiger partial charge >= 0.3 is 5.97 Å². The first kappa shape index (κ1) is 40.4. The molecule has 9 heteroatoms. The Bertz CT molecular complexity index is 1990. The molecule has 0 aromatic heterocycles. The lowest BCUT2D eigenvalue weighted by molar-refractivity contribution is -0.147. The van der Waals surface area contributed by atoms with Crippen molar-refractivity contribution in [2.45, 2.75) is 89.2 Å². The molecule has 0 saturated carbocycles. The van der Waals surface area contributed by atoms with Crippen LogP contribution in [-0.4, -0.2) is 38.4 Å². The summed E-state index contributed by atoms with van der Waals surface area (Å²) in [6, 6.07) is 31.7. The van der Waals surface area contributed by atoms with Gasteiger partial charge < -0.3 is 14.4 Å². The Morgan fingerprint density at radius 3 is 2.24 bits per heavy atom. The van der Waals surface area contributed by atoms with E-state index in [-0.39, 0.29) is 28.9 Å². The number of esters is 1. The number of β-lactam (4-membered cyclic amide) rings is 1. The highest BCUT2D eigenvalue weighted by molar-refractivity contribution is 7.91. The molecule has 1 heterocycles. The molecule has 2 unspecified atom stereocenters. The molecule has 0 radical (unpaired) electrons. The molecule has 54 heavy (non-hydrogen) atoms. The Labute approximate surface area is 319 Å². The highest BCUT2D eigenvalue weighted by Crippen LogP contribution is 2.46. The maximum Gasteiger partial charge on any atom is 0.303 e. The predicted octanol–water partition coefficient (Wildman–Crippen LogP) is 9.11. The van der Waals surface area contributed by atoms with Gasteiger partial charge in [0.1, 0.15) is 21.8 Å². The minimum absolute atomic E-state index is 0.0213. The van der Waals surface area contributed by atoms with Crippen LogP contribution in [0.25, 0.3) is 0 Å². The molecule has 0 aliphatic carbocycles. The molecule has 1 aliphatic rings. The summed E-state index contributed by atoms with van der Waals surface area (Å²) in [5.41, 5.74) is 5.57. The van der Waals surface area contributed by atoms with Crippen molar-refractivity contribution in [2.24, 2.45) is 5.92 Å². The van der Waals surface area contributed by atoms with E-state index >= 15 is 0 Å². The zero-order chi connectivity index (χ0) is 38.5. The van der Waals surface area contributed by atoms with Crippen molar-refractivity contribution in [3.05, 3.63) is 137 Å². The summed E-state index contributed by atoms with van der Waals surface area (Å²) in [5.74, 6) is 5.34. The highest BCUT2D eigenvalue weighted by atomic mass is 32.2. The van der Waals surface area contributed by atoms with Crippen molar-refractivity contribution in [3.63, 3.8) is 0 Å². The van der Waals surface area contributed by atoms with Crippen LogP contribution in [-0.2, 0) is 41.9 Å². The number of amides is 1. The third-order valence-electron chi connectivity index (χ3n) is 9.96. The van der Waals surface area contributed by atoms with E-state index in [1.807, 2.05) is 71.6 Å². The van der Waals surface area contributed by atoms with Gasteiger partial charge in [-0.15, -0.1) is 0 Å². The van der Waals surface area contributed by atoms with Crippen molar-refractivity contribution in [1.29, 1.82) is 0 Å². The number of nitrogens with zero attached hydrogens (tertiary/aromatic N) is 1. The molecule has 5 rings (SSSR count). The second-order valence-electron chi connectivity index (χ2n) is 14.1. The van der Waals surface area contributed by atoms with Gasteiger partial charge in [-0.3, -0.25) is 9.59 Å². The minimum atomic E-state index is -3.06. The third kappa shape index (κ3) is 11.6. The van der Waals surface area contributed by atoms with Gasteiger partial charge in [-0.1, -0.05) is 78.6 Å². The van der Waals surface area contributed by atoms with Crippen LogP contribution in [0.4, 0.5) is 10.1 Å². The van der Waals surface area contributed by atoms with Crippen LogP contribution in [0.1, 0.15) is 98.8 Å². The highest BCUT2D eigenvalue weighted by Gasteiger charge is 2.48. The summed E-state index contributed by atoms with van der Waals surface area (Å²) in [6.07, 6.45) is 6.26. The maximum absolute atomic E-state index is 13.9. The molecular weight excluding hydrogens is 702 g/mol. The summed E-state index contributed by atoms with van der Waals surface area (Å²) in [6.45, 7) is 4.40. The number of ether oxygens (including phenoxy) is 2.